The molecular formula is C22H44N2O7. The van der Waals surface area contributed by atoms with Crippen molar-refractivity contribution in [2.24, 2.45) is 11.5 Å². The monoisotopic (exact) mass is 448 g/mol. The van der Waals surface area contributed by atoms with Gasteiger partial charge in [0.25, 0.3) is 0 Å². The van der Waals surface area contributed by atoms with E-state index in [0.29, 0.717) is 78.7 Å². The van der Waals surface area contributed by atoms with Gasteiger partial charge in [-0.05, 0) is 46.6 Å². The van der Waals surface area contributed by atoms with E-state index in [1.54, 1.807) is 0 Å². The number of rotatable bonds is 21. The number of carbonyl (C=O) groups excluding carboxylic acids is 2. The largest absolute Gasteiger partial charge is 0.460 e. The molecule has 0 spiro atoms. The summed E-state index contributed by atoms with van der Waals surface area (Å²) in [6.07, 6.45) is 3.83. The van der Waals surface area contributed by atoms with Crippen molar-refractivity contribution >= 4 is 11.8 Å². The Kier molecular flexibility index (Phi) is 18.9. The van der Waals surface area contributed by atoms with Gasteiger partial charge in [0.1, 0.15) is 11.4 Å². The first-order valence-electron chi connectivity index (χ1n) is 11.3. The molecule has 0 saturated carbocycles. The highest BCUT2D eigenvalue weighted by atomic mass is 16.6. The standard InChI is InChI=1S/C22H44N2O7/c1-22(2,3)31-21(26)9-12-28-14-16-30-18-17-29-15-13-27-11-6-8-20(25)19(24)7-4-5-10-23/h19H,4-18,23-24H2,1-3H3/t19-/m0/s1. The third-order valence-corrected chi connectivity index (χ3v) is 4.08. The van der Waals surface area contributed by atoms with Gasteiger partial charge in [-0.2, -0.15) is 0 Å². The van der Waals surface area contributed by atoms with Crippen LogP contribution in [-0.2, 0) is 33.3 Å². The molecule has 0 amide bonds. The smallest absolute Gasteiger partial charge is 0.308 e. The topological polar surface area (TPSA) is 132 Å². The lowest BCUT2D eigenvalue weighted by atomic mass is 10.0. The van der Waals surface area contributed by atoms with Gasteiger partial charge in [-0.3, -0.25) is 9.59 Å². The number of esters is 1. The van der Waals surface area contributed by atoms with Crippen molar-refractivity contribution in [3.05, 3.63) is 0 Å². The average Bonchev–Trinajstić information content (AvgIpc) is 2.69. The van der Waals surface area contributed by atoms with Gasteiger partial charge >= 0.3 is 5.97 Å². The second kappa shape index (κ2) is 19.6. The van der Waals surface area contributed by atoms with E-state index in [1.807, 2.05) is 20.8 Å². The second-order valence-electron chi connectivity index (χ2n) is 8.25. The molecule has 0 aromatic rings. The van der Waals surface area contributed by atoms with Crippen LogP contribution >= 0.6 is 0 Å². The van der Waals surface area contributed by atoms with Crippen molar-refractivity contribution in [2.75, 3.05) is 59.4 Å². The highest BCUT2D eigenvalue weighted by molar-refractivity contribution is 5.83. The summed E-state index contributed by atoms with van der Waals surface area (Å²) < 4.78 is 26.8. The Morgan fingerprint density at radius 1 is 0.742 bits per heavy atom. The zero-order chi connectivity index (χ0) is 23.4. The van der Waals surface area contributed by atoms with Gasteiger partial charge in [0.15, 0.2) is 0 Å². The Morgan fingerprint density at radius 2 is 1.26 bits per heavy atom. The van der Waals surface area contributed by atoms with E-state index in [0.717, 1.165) is 12.8 Å². The molecular weight excluding hydrogens is 404 g/mol. The highest BCUT2D eigenvalue weighted by Crippen LogP contribution is 2.08. The van der Waals surface area contributed by atoms with Crippen LogP contribution in [0.15, 0.2) is 0 Å². The first kappa shape index (κ1) is 29.9. The van der Waals surface area contributed by atoms with E-state index in [-0.39, 0.29) is 24.2 Å². The lowest BCUT2D eigenvalue weighted by Gasteiger charge is -2.19. The Balaban J connectivity index is 3.30. The van der Waals surface area contributed by atoms with Crippen LogP contribution in [0.3, 0.4) is 0 Å². The summed E-state index contributed by atoms with van der Waals surface area (Å²) in [6, 6.07) is -0.384. The maximum atomic E-state index is 11.9. The molecule has 0 radical (unpaired) electrons. The molecule has 31 heavy (non-hydrogen) atoms. The van der Waals surface area contributed by atoms with Gasteiger partial charge in [-0.15, -0.1) is 0 Å². The summed E-state index contributed by atoms with van der Waals surface area (Å²) >= 11 is 0. The Hall–Kier alpha value is -1.10. The molecule has 0 aromatic carbocycles. The molecule has 0 fully saturated rings. The highest BCUT2D eigenvalue weighted by Gasteiger charge is 2.15. The number of ether oxygens (including phenoxy) is 5. The Labute approximate surface area is 187 Å². The van der Waals surface area contributed by atoms with E-state index >= 15 is 0 Å². The van der Waals surface area contributed by atoms with Gasteiger partial charge in [0.05, 0.1) is 58.7 Å². The van der Waals surface area contributed by atoms with E-state index in [4.69, 9.17) is 35.2 Å². The van der Waals surface area contributed by atoms with Gasteiger partial charge in [0.2, 0.25) is 0 Å². The Bertz CT molecular complexity index is 456. The SMILES string of the molecule is CC(C)(C)OC(=O)CCOCCOCCOCCOCCCC(=O)[C@@H](N)CCCCN. The number of hydrogen-bond acceptors (Lipinski definition) is 9. The molecule has 184 valence electrons. The fourth-order valence-corrected chi connectivity index (χ4v) is 2.51. The molecule has 9 nitrogen and oxygen atoms in total. The van der Waals surface area contributed by atoms with Crippen LogP contribution in [0.5, 0.6) is 0 Å². The summed E-state index contributed by atoms with van der Waals surface area (Å²) in [4.78, 5) is 23.3. The van der Waals surface area contributed by atoms with Crippen LogP contribution in [0.25, 0.3) is 0 Å². The lowest BCUT2D eigenvalue weighted by Crippen LogP contribution is -2.30. The maximum Gasteiger partial charge on any atom is 0.308 e. The molecule has 0 heterocycles. The Morgan fingerprint density at radius 3 is 1.77 bits per heavy atom. The molecule has 0 aliphatic rings. The fourth-order valence-electron chi connectivity index (χ4n) is 2.51. The van der Waals surface area contributed by atoms with Gasteiger partial charge in [-0.25, -0.2) is 0 Å². The summed E-state index contributed by atoms with van der Waals surface area (Å²) in [5.74, 6) is -0.180. The molecule has 0 rings (SSSR count). The van der Waals surface area contributed by atoms with E-state index < -0.39 is 5.60 Å². The third kappa shape index (κ3) is 21.9. The summed E-state index contributed by atoms with van der Waals surface area (Å²) in [5.41, 5.74) is 10.8. The molecule has 0 aliphatic carbocycles. The minimum absolute atomic E-state index is 0.0860. The molecule has 4 N–H and O–H groups in total. The number of carbonyl (C=O) groups is 2. The normalized spacial score (nSPS) is 12.7. The van der Waals surface area contributed by atoms with Crippen molar-refractivity contribution in [3.63, 3.8) is 0 Å². The van der Waals surface area contributed by atoms with Crippen LogP contribution in [0.2, 0.25) is 0 Å². The van der Waals surface area contributed by atoms with E-state index in [9.17, 15) is 9.59 Å². The third-order valence-electron chi connectivity index (χ3n) is 4.08. The number of Topliss-reactive ketones (excluding diaryl/α,β-unsaturated/α-hetero) is 1. The molecule has 0 unspecified atom stereocenters. The quantitative estimate of drug-likeness (QED) is 0.198. The number of nitrogens with two attached hydrogens (primary N) is 2. The molecule has 9 heteroatoms. The molecule has 0 aromatic heterocycles. The predicted molar refractivity (Wildman–Crippen MR) is 119 cm³/mol. The molecule has 0 aliphatic heterocycles. The van der Waals surface area contributed by atoms with Crippen molar-refractivity contribution in [1.29, 1.82) is 0 Å². The van der Waals surface area contributed by atoms with Crippen molar-refractivity contribution < 1.29 is 33.3 Å². The number of ketones is 1. The first-order chi connectivity index (χ1) is 14.8. The summed E-state index contributed by atoms with van der Waals surface area (Å²) in [6.45, 7) is 9.71. The number of hydrogen-bond donors (Lipinski definition) is 2. The summed E-state index contributed by atoms with van der Waals surface area (Å²) in [7, 11) is 0. The molecule has 0 saturated heterocycles. The van der Waals surface area contributed by atoms with Gasteiger partial charge < -0.3 is 35.2 Å². The maximum absolute atomic E-state index is 11.9. The van der Waals surface area contributed by atoms with Gasteiger partial charge in [0, 0.05) is 13.0 Å². The molecule has 0 bridgehead atoms. The van der Waals surface area contributed by atoms with Crippen LogP contribution in [0, 0.1) is 0 Å². The van der Waals surface area contributed by atoms with Crippen LogP contribution in [0.1, 0.15) is 59.3 Å². The van der Waals surface area contributed by atoms with E-state index in [2.05, 4.69) is 0 Å². The average molecular weight is 449 g/mol. The molecule has 1 atom stereocenters. The zero-order valence-electron chi connectivity index (χ0n) is 19.7. The number of unbranched alkanes of at least 4 members (excludes halogenated alkanes) is 1. The first-order valence-corrected chi connectivity index (χ1v) is 11.3. The fraction of sp³-hybridized carbons (Fsp3) is 0.909. The minimum atomic E-state index is -0.470. The van der Waals surface area contributed by atoms with Crippen molar-refractivity contribution in [2.45, 2.75) is 70.9 Å². The summed E-state index contributed by atoms with van der Waals surface area (Å²) in [5, 5.41) is 0. The predicted octanol–water partition coefficient (Wildman–Crippen LogP) is 1.59. The zero-order valence-corrected chi connectivity index (χ0v) is 19.7. The van der Waals surface area contributed by atoms with Gasteiger partial charge in [-0.1, -0.05) is 6.42 Å². The minimum Gasteiger partial charge on any atom is -0.460 e. The van der Waals surface area contributed by atoms with E-state index in [1.165, 1.54) is 0 Å². The van der Waals surface area contributed by atoms with Crippen LogP contribution < -0.4 is 11.5 Å². The van der Waals surface area contributed by atoms with Crippen LogP contribution in [-0.4, -0.2) is 82.8 Å². The van der Waals surface area contributed by atoms with Crippen LogP contribution in [0.4, 0.5) is 0 Å². The lowest BCUT2D eigenvalue weighted by molar-refractivity contribution is -0.156. The van der Waals surface area contributed by atoms with Crippen molar-refractivity contribution in [3.8, 4) is 0 Å². The second-order valence-corrected chi connectivity index (χ2v) is 8.25. The van der Waals surface area contributed by atoms with Crippen molar-refractivity contribution in [1.82, 2.24) is 0 Å².